The molecule has 0 radical (unpaired) electrons. The number of nitrogens with zero attached hydrogens (tertiary/aromatic N) is 3. The second kappa shape index (κ2) is 6.89. The van der Waals surface area contributed by atoms with Crippen LogP contribution in [0.25, 0.3) is 0 Å². The van der Waals surface area contributed by atoms with Gasteiger partial charge in [0.1, 0.15) is 0 Å². The van der Waals surface area contributed by atoms with Gasteiger partial charge in [-0.1, -0.05) is 25.4 Å². The lowest BCUT2D eigenvalue weighted by atomic mass is 10.0. The van der Waals surface area contributed by atoms with E-state index in [9.17, 15) is 0 Å². The van der Waals surface area contributed by atoms with Crippen LogP contribution in [-0.4, -0.2) is 29.8 Å². The van der Waals surface area contributed by atoms with Gasteiger partial charge in [-0.3, -0.25) is 0 Å². The Morgan fingerprint density at radius 1 is 1.37 bits per heavy atom. The molecule has 108 valence electrons. The second-order valence-electron chi connectivity index (χ2n) is 5.49. The van der Waals surface area contributed by atoms with Crippen molar-refractivity contribution in [3.63, 3.8) is 0 Å². The largest absolute Gasteiger partial charge is 0.406 e. The van der Waals surface area contributed by atoms with Crippen molar-refractivity contribution in [3.8, 4) is 0 Å². The zero-order chi connectivity index (χ0) is 13.7. The monoisotopic (exact) mass is 266 g/mol. The zero-order valence-electron chi connectivity index (χ0n) is 12.4. The maximum atomic E-state index is 5.79. The van der Waals surface area contributed by atoms with Crippen molar-refractivity contribution < 1.29 is 4.42 Å². The lowest BCUT2D eigenvalue weighted by Crippen LogP contribution is -2.20. The highest BCUT2D eigenvalue weighted by Crippen LogP contribution is 2.26. The van der Waals surface area contributed by atoms with Gasteiger partial charge in [0.05, 0.1) is 6.04 Å². The van der Waals surface area contributed by atoms with Gasteiger partial charge in [-0.05, 0) is 38.6 Å². The topological polar surface area (TPSA) is 54.2 Å². The minimum absolute atomic E-state index is 0.134. The van der Waals surface area contributed by atoms with Crippen LogP contribution in [-0.2, 0) is 0 Å². The van der Waals surface area contributed by atoms with E-state index in [0.29, 0.717) is 11.9 Å². The zero-order valence-corrected chi connectivity index (χ0v) is 12.4. The third-order valence-electron chi connectivity index (χ3n) is 3.75. The first-order chi connectivity index (χ1) is 9.24. The van der Waals surface area contributed by atoms with Crippen LogP contribution in [0.4, 0.5) is 6.01 Å². The smallest absolute Gasteiger partial charge is 0.318 e. The summed E-state index contributed by atoms with van der Waals surface area (Å²) in [5.74, 6) is 1.48. The van der Waals surface area contributed by atoms with Gasteiger partial charge in [0.15, 0.2) is 0 Å². The van der Waals surface area contributed by atoms with Crippen molar-refractivity contribution in [1.29, 1.82) is 0 Å². The SMILES string of the molecule is CCCNC(C)c1nnc(N2CCC(CCC)C2)o1. The molecule has 19 heavy (non-hydrogen) atoms. The van der Waals surface area contributed by atoms with Gasteiger partial charge < -0.3 is 14.6 Å². The van der Waals surface area contributed by atoms with E-state index in [4.69, 9.17) is 4.42 Å². The summed E-state index contributed by atoms with van der Waals surface area (Å²) in [7, 11) is 0. The first-order valence-electron chi connectivity index (χ1n) is 7.56. The summed E-state index contributed by atoms with van der Waals surface area (Å²) in [5.41, 5.74) is 0. The highest BCUT2D eigenvalue weighted by Gasteiger charge is 2.26. The fourth-order valence-corrected chi connectivity index (χ4v) is 2.63. The molecular weight excluding hydrogens is 240 g/mol. The summed E-state index contributed by atoms with van der Waals surface area (Å²) >= 11 is 0. The molecule has 5 nitrogen and oxygen atoms in total. The van der Waals surface area contributed by atoms with Crippen LogP contribution in [0.2, 0.25) is 0 Å². The lowest BCUT2D eigenvalue weighted by molar-refractivity contribution is 0.415. The van der Waals surface area contributed by atoms with Gasteiger partial charge in [0, 0.05) is 13.1 Å². The van der Waals surface area contributed by atoms with Crippen molar-refractivity contribution in [2.45, 2.75) is 52.5 Å². The number of hydrogen-bond acceptors (Lipinski definition) is 5. The molecule has 2 heterocycles. The van der Waals surface area contributed by atoms with E-state index in [1.54, 1.807) is 0 Å². The average molecular weight is 266 g/mol. The van der Waals surface area contributed by atoms with Crippen LogP contribution in [0.1, 0.15) is 58.4 Å². The highest BCUT2D eigenvalue weighted by molar-refractivity contribution is 5.26. The first kappa shape index (κ1) is 14.3. The molecule has 2 rings (SSSR count). The molecule has 0 spiro atoms. The molecule has 1 aliphatic heterocycles. The van der Waals surface area contributed by atoms with Crippen molar-refractivity contribution in [2.24, 2.45) is 5.92 Å². The molecule has 1 N–H and O–H groups in total. The average Bonchev–Trinajstić information content (AvgIpc) is 3.04. The fourth-order valence-electron chi connectivity index (χ4n) is 2.63. The van der Waals surface area contributed by atoms with Gasteiger partial charge >= 0.3 is 6.01 Å². The summed E-state index contributed by atoms with van der Waals surface area (Å²) in [4.78, 5) is 2.23. The quantitative estimate of drug-likeness (QED) is 0.822. The molecular formula is C14H26N4O. The number of hydrogen-bond donors (Lipinski definition) is 1. The summed E-state index contributed by atoms with van der Waals surface area (Å²) < 4.78 is 5.79. The third-order valence-corrected chi connectivity index (χ3v) is 3.75. The molecule has 0 aromatic carbocycles. The third kappa shape index (κ3) is 3.69. The first-order valence-corrected chi connectivity index (χ1v) is 7.56. The maximum absolute atomic E-state index is 5.79. The fraction of sp³-hybridized carbons (Fsp3) is 0.857. The Morgan fingerprint density at radius 3 is 2.95 bits per heavy atom. The predicted molar refractivity (Wildman–Crippen MR) is 76.2 cm³/mol. The minimum atomic E-state index is 0.134. The number of anilines is 1. The molecule has 1 saturated heterocycles. The Balaban J connectivity index is 1.90. The van der Waals surface area contributed by atoms with E-state index in [0.717, 1.165) is 32.0 Å². The van der Waals surface area contributed by atoms with Gasteiger partial charge in [0.25, 0.3) is 0 Å². The van der Waals surface area contributed by atoms with Crippen molar-refractivity contribution in [2.75, 3.05) is 24.5 Å². The van der Waals surface area contributed by atoms with Crippen LogP contribution >= 0.6 is 0 Å². The molecule has 5 heteroatoms. The lowest BCUT2D eigenvalue weighted by Gasteiger charge is -2.13. The summed E-state index contributed by atoms with van der Waals surface area (Å²) in [5, 5.41) is 11.7. The standard InChI is InChI=1S/C14H26N4O/c1-4-6-12-7-9-18(10-12)14-17-16-13(19-14)11(3)15-8-5-2/h11-12,15H,4-10H2,1-3H3. The summed E-state index contributed by atoms with van der Waals surface area (Å²) in [6.45, 7) is 9.54. The molecule has 0 aliphatic carbocycles. The number of nitrogens with one attached hydrogen (secondary N) is 1. The Hall–Kier alpha value is -1.10. The Labute approximate surface area is 115 Å². The van der Waals surface area contributed by atoms with E-state index in [1.165, 1.54) is 19.3 Å². The molecule has 1 aliphatic rings. The Bertz CT molecular complexity index is 379. The summed E-state index contributed by atoms with van der Waals surface area (Å²) in [6.07, 6.45) is 4.91. The molecule has 2 atom stereocenters. The maximum Gasteiger partial charge on any atom is 0.318 e. The van der Waals surface area contributed by atoms with Crippen LogP contribution in [0.5, 0.6) is 0 Å². The number of rotatable bonds is 7. The van der Waals surface area contributed by atoms with Crippen molar-refractivity contribution >= 4 is 6.01 Å². The van der Waals surface area contributed by atoms with Crippen LogP contribution in [0, 0.1) is 5.92 Å². The highest BCUT2D eigenvalue weighted by atomic mass is 16.4. The second-order valence-corrected chi connectivity index (χ2v) is 5.49. The molecule has 1 aromatic rings. The number of aromatic nitrogens is 2. The van der Waals surface area contributed by atoms with Crippen molar-refractivity contribution in [3.05, 3.63) is 5.89 Å². The Morgan fingerprint density at radius 2 is 2.21 bits per heavy atom. The van der Waals surface area contributed by atoms with E-state index in [-0.39, 0.29) is 6.04 Å². The van der Waals surface area contributed by atoms with Gasteiger partial charge in [-0.2, -0.15) is 0 Å². The van der Waals surface area contributed by atoms with Crippen LogP contribution < -0.4 is 10.2 Å². The predicted octanol–water partition coefficient (Wildman–Crippen LogP) is 2.76. The molecule has 0 saturated carbocycles. The van der Waals surface area contributed by atoms with Crippen LogP contribution in [0.15, 0.2) is 4.42 Å². The van der Waals surface area contributed by atoms with Gasteiger partial charge in [-0.15, -0.1) is 5.10 Å². The molecule has 0 bridgehead atoms. The van der Waals surface area contributed by atoms with E-state index >= 15 is 0 Å². The van der Waals surface area contributed by atoms with Crippen LogP contribution in [0.3, 0.4) is 0 Å². The molecule has 1 aromatic heterocycles. The normalized spacial score (nSPS) is 21.0. The van der Waals surface area contributed by atoms with E-state index < -0.39 is 0 Å². The van der Waals surface area contributed by atoms with E-state index in [2.05, 4.69) is 41.2 Å². The molecule has 0 amide bonds. The molecule has 1 fully saturated rings. The molecule has 2 unspecified atom stereocenters. The van der Waals surface area contributed by atoms with Crippen molar-refractivity contribution in [1.82, 2.24) is 15.5 Å². The Kier molecular flexibility index (Phi) is 5.19. The van der Waals surface area contributed by atoms with Gasteiger partial charge in [-0.25, -0.2) is 0 Å². The minimum Gasteiger partial charge on any atom is -0.406 e. The van der Waals surface area contributed by atoms with Gasteiger partial charge in [0.2, 0.25) is 5.89 Å². The summed E-state index contributed by atoms with van der Waals surface area (Å²) in [6, 6.07) is 0.828. The van der Waals surface area contributed by atoms with E-state index in [1.807, 2.05) is 0 Å².